The number of aliphatic carboxylic acids is 1. The molecule has 2 aromatic rings. The first kappa shape index (κ1) is 18.5. The second-order valence-corrected chi connectivity index (χ2v) is 5.87. The number of rotatable bonds is 9. The van der Waals surface area contributed by atoms with Gasteiger partial charge < -0.3 is 15.2 Å². The third-order valence-electron chi connectivity index (χ3n) is 3.78. The van der Waals surface area contributed by atoms with Gasteiger partial charge in [0.25, 0.3) is 0 Å². The van der Waals surface area contributed by atoms with Gasteiger partial charge in [-0.05, 0) is 49.6 Å². The SMILES string of the molecule is CC(NC(=O)CCCCC(=O)O)c1ccc(Oc2ccccc2)cc1. The van der Waals surface area contributed by atoms with E-state index in [1.54, 1.807) is 0 Å². The Kier molecular flexibility index (Phi) is 7.01. The summed E-state index contributed by atoms with van der Waals surface area (Å²) in [6.07, 6.45) is 1.54. The molecule has 0 aliphatic heterocycles. The fraction of sp³-hybridized carbons (Fsp3) is 0.300. The van der Waals surface area contributed by atoms with E-state index in [0.717, 1.165) is 17.1 Å². The average Bonchev–Trinajstić information content (AvgIpc) is 2.60. The Morgan fingerprint density at radius 3 is 2.20 bits per heavy atom. The summed E-state index contributed by atoms with van der Waals surface area (Å²) in [6, 6.07) is 17.0. The van der Waals surface area contributed by atoms with Crippen molar-refractivity contribution >= 4 is 11.9 Å². The molecule has 0 saturated heterocycles. The summed E-state index contributed by atoms with van der Waals surface area (Å²) in [4.78, 5) is 22.3. The fourth-order valence-corrected chi connectivity index (χ4v) is 2.41. The van der Waals surface area contributed by atoms with E-state index in [4.69, 9.17) is 9.84 Å². The maximum absolute atomic E-state index is 11.9. The third-order valence-corrected chi connectivity index (χ3v) is 3.78. The van der Waals surface area contributed by atoms with Crippen LogP contribution in [0.4, 0.5) is 0 Å². The van der Waals surface area contributed by atoms with Crippen LogP contribution in [0.3, 0.4) is 0 Å². The predicted octanol–water partition coefficient (Wildman–Crippen LogP) is 4.30. The van der Waals surface area contributed by atoms with Crippen molar-refractivity contribution in [1.29, 1.82) is 0 Å². The summed E-state index contributed by atoms with van der Waals surface area (Å²) in [5, 5.41) is 11.5. The summed E-state index contributed by atoms with van der Waals surface area (Å²) < 4.78 is 5.74. The highest BCUT2D eigenvalue weighted by Gasteiger charge is 2.10. The quantitative estimate of drug-likeness (QED) is 0.667. The van der Waals surface area contributed by atoms with Crippen LogP contribution < -0.4 is 10.1 Å². The van der Waals surface area contributed by atoms with Gasteiger partial charge in [0.15, 0.2) is 0 Å². The Labute approximate surface area is 147 Å². The van der Waals surface area contributed by atoms with E-state index in [1.807, 2.05) is 61.5 Å². The van der Waals surface area contributed by atoms with Gasteiger partial charge >= 0.3 is 5.97 Å². The Morgan fingerprint density at radius 1 is 0.960 bits per heavy atom. The number of para-hydroxylation sites is 1. The maximum Gasteiger partial charge on any atom is 0.303 e. The Balaban J connectivity index is 1.80. The summed E-state index contributed by atoms with van der Waals surface area (Å²) in [7, 11) is 0. The minimum atomic E-state index is -0.827. The van der Waals surface area contributed by atoms with Crippen molar-refractivity contribution in [3.63, 3.8) is 0 Å². The number of nitrogens with one attached hydrogen (secondary N) is 1. The van der Waals surface area contributed by atoms with E-state index in [9.17, 15) is 9.59 Å². The van der Waals surface area contributed by atoms with E-state index < -0.39 is 5.97 Å². The first-order chi connectivity index (χ1) is 12.0. The first-order valence-corrected chi connectivity index (χ1v) is 8.38. The van der Waals surface area contributed by atoms with Crippen LogP contribution in [-0.2, 0) is 9.59 Å². The number of hydrogen-bond acceptors (Lipinski definition) is 3. The molecular weight excluding hydrogens is 318 g/mol. The highest BCUT2D eigenvalue weighted by molar-refractivity contribution is 5.76. The van der Waals surface area contributed by atoms with Crippen LogP contribution in [0, 0.1) is 0 Å². The number of ether oxygens (including phenoxy) is 1. The molecule has 0 aliphatic rings. The molecule has 0 spiro atoms. The van der Waals surface area contributed by atoms with Gasteiger partial charge in [0, 0.05) is 12.8 Å². The van der Waals surface area contributed by atoms with E-state index in [-0.39, 0.29) is 18.4 Å². The summed E-state index contributed by atoms with van der Waals surface area (Å²) >= 11 is 0. The summed E-state index contributed by atoms with van der Waals surface area (Å²) in [5.74, 6) is 0.620. The van der Waals surface area contributed by atoms with Gasteiger partial charge in [-0.3, -0.25) is 9.59 Å². The van der Waals surface area contributed by atoms with Gasteiger partial charge in [0.05, 0.1) is 6.04 Å². The molecule has 25 heavy (non-hydrogen) atoms. The molecule has 0 fully saturated rings. The molecule has 1 atom stereocenters. The second-order valence-electron chi connectivity index (χ2n) is 5.87. The number of carbonyl (C=O) groups excluding carboxylic acids is 1. The standard InChI is InChI=1S/C20H23NO4/c1-15(21-19(22)9-5-6-10-20(23)24)16-11-13-18(14-12-16)25-17-7-3-2-4-8-17/h2-4,7-8,11-15H,5-6,9-10H2,1H3,(H,21,22)(H,23,24). The Hall–Kier alpha value is -2.82. The zero-order valence-electron chi connectivity index (χ0n) is 14.3. The van der Waals surface area contributed by atoms with Gasteiger partial charge in [-0.25, -0.2) is 0 Å². The van der Waals surface area contributed by atoms with Crippen LogP contribution in [0.5, 0.6) is 11.5 Å². The largest absolute Gasteiger partial charge is 0.481 e. The molecule has 0 saturated carbocycles. The fourth-order valence-electron chi connectivity index (χ4n) is 2.41. The molecule has 1 amide bonds. The Morgan fingerprint density at radius 2 is 1.56 bits per heavy atom. The molecule has 0 heterocycles. The van der Waals surface area contributed by atoms with E-state index in [1.165, 1.54) is 0 Å². The van der Waals surface area contributed by atoms with Crippen molar-refractivity contribution in [3.05, 3.63) is 60.2 Å². The molecule has 1 unspecified atom stereocenters. The van der Waals surface area contributed by atoms with Crippen LogP contribution in [0.2, 0.25) is 0 Å². The minimum Gasteiger partial charge on any atom is -0.481 e. The zero-order valence-corrected chi connectivity index (χ0v) is 14.3. The third kappa shape index (κ3) is 6.67. The molecule has 0 bridgehead atoms. The van der Waals surface area contributed by atoms with E-state index in [0.29, 0.717) is 19.3 Å². The molecule has 2 aromatic carbocycles. The normalized spacial score (nSPS) is 11.6. The molecule has 5 nitrogen and oxygen atoms in total. The van der Waals surface area contributed by atoms with E-state index >= 15 is 0 Å². The minimum absolute atomic E-state index is 0.0671. The van der Waals surface area contributed by atoms with Crippen LogP contribution in [0.1, 0.15) is 44.2 Å². The van der Waals surface area contributed by atoms with Crippen molar-refractivity contribution in [2.75, 3.05) is 0 Å². The van der Waals surface area contributed by atoms with Gasteiger partial charge in [-0.2, -0.15) is 0 Å². The first-order valence-electron chi connectivity index (χ1n) is 8.38. The lowest BCUT2D eigenvalue weighted by Crippen LogP contribution is -2.26. The lowest BCUT2D eigenvalue weighted by molar-refractivity contribution is -0.137. The topological polar surface area (TPSA) is 75.6 Å². The van der Waals surface area contributed by atoms with Crippen molar-refractivity contribution in [2.24, 2.45) is 0 Å². The number of amides is 1. The van der Waals surface area contributed by atoms with Crippen molar-refractivity contribution in [3.8, 4) is 11.5 Å². The van der Waals surface area contributed by atoms with Crippen molar-refractivity contribution < 1.29 is 19.4 Å². The molecule has 5 heteroatoms. The highest BCUT2D eigenvalue weighted by atomic mass is 16.5. The molecule has 2 N–H and O–H groups in total. The van der Waals surface area contributed by atoms with Gasteiger partial charge in [-0.15, -0.1) is 0 Å². The number of carbonyl (C=O) groups is 2. The molecule has 0 aromatic heterocycles. The Bertz CT molecular complexity index is 683. The van der Waals surface area contributed by atoms with Gasteiger partial charge in [0.2, 0.25) is 5.91 Å². The number of carboxylic acids is 1. The van der Waals surface area contributed by atoms with E-state index in [2.05, 4.69) is 5.32 Å². The summed E-state index contributed by atoms with van der Waals surface area (Å²) in [5.41, 5.74) is 0.985. The monoisotopic (exact) mass is 341 g/mol. The molecular formula is C20H23NO4. The predicted molar refractivity (Wildman–Crippen MR) is 95.6 cm³/mol. The average molecular weight is 341 g/mol. The van der Waals surface area contributed by atoms with Gasteiger partial charge in [-0.1, -0.05) is 30.3 Å². The molecule has 0 radical (unpaired) electrons. The van der Waals surface area contributed by atoms with Gasteiger partial charge in [0.1, 0.15) is 11.5 Å². The van der Waals surface area contributed by atoms with Crippen LogP contribution in [-0.4, -0.2) is 17.0 Å². The lowest BCUT2D eigenvalue weighted by atomic mass is 10.1. The zero-order chi connectivity index (χ0) is 18.1. The number of hydrogen-bond donors (Lipinski definition) is 2. The smallest absolute Gasteiger partial charge is 0.303 e. The van der Waals surface area contributed by atoms with Crippen molar-refractivity contribution in [2.45, 2.75) is 38.6 Å². The number of unbranched alkanes of at least 4 members (excludes halogenated alkanes) is 1. The lowest BCUT2D eigenvalue weighted by Gasteiger charge is -2.15. The maximum atomic E-state index is 11.9. The molecule has 2 rings (SSSR count). The number of carboxylic acid groups (broad SMARTS) is 1. The second kappa shape index (κ2) is 9.47. The van der Waals surface area contributed by atoms with Crippen LogP contribution in [0.25, 0.3) is 0 Å². The summed E-state index contributed by atoms with van der Waals surface area (Å²) in [6.45, 7) is 1.92. The van der Waals surface area contributed by atoms with Crippen LogP contribution in [0.15, 0.2) is 54.6 Å². The molecule has 0 aliphatic carbocycles. The highest BCUT2D eigenvalue weighted by Crippen LogP contribution is 2.23. The van der Waals surface area contributed by atoms with Crippen molar-refractivity contribution in [1.82, 2.24) is 5.32 Å². The van der Waals surface area contributed by atoms with Crippen LogP contribution >= 0.6 is 0 Å². The molecule has 132 valence electrons. The number of benzene rings is 2.